The predicted molar refractivity (Wildman–Crippen MR) is 58.0 cm³/mol. The Morgan fingerprint density at radius 3 is 2.62 bits per heavy atom. The summed E-state index contributed by atoms with van der Waals surface area (Å²) < 4.78 is 16.3. The first-order valence-electron chi connectivity index (χ1n) is 5.89. The fraction of sp³-hybridized carbons (Fsp3) is 0.917. The molecule has 0 aromatic heterocycles. The van der Waals surface area contributed by atoms with E-state index >= 15 is 0 Å². The van der Waals surface area contributed by atoms with Crippen molar-refractivity contribution in [2.75, 3.05) is 13.7 Å². The first kappa shape index (κ1) is 11.9. The summed E-state index contributed by atoms with van der Waals surface area (Å²) in [6, 6.07) is 0. The van der Waals surface area contributed by atoms with Gasteiger partial charge in [0.2, 0.25) is 0 Å². The minimum absolute atomic E-state index is 0.0222. The summed E-state index contributed by atoms with van der Waals surface area (Å²) in [5, 5.41) is 0. The SMILES string of the molecule is COC(=O)C1(C(C)C)OC1(C)C1CCCO1. The molecule has 2 heterocycles. The van der Waals surface area contributed by atoms with Gasteiger partial charge < -0.3 is 14.2 Å². The van der Waals surface area contributed by atoms with Crippen LogP contribution in [0, 0.1) is 5.92 Å². The molecule has 0 aromatic rings. The minimum atomic E-state index is -0.809. The van der Waals surface area contributed by atoms with Gasteiger partial charge in [-0.25, -0.2) is 4.79 Å². The molecule has 0 aliphatic carbocycles. The second-order valence-corrected chi connectivity index (χ2v) is 5.09. The molecule has 2 aliphatic rings. The number of carbonyl (C=O) groups excluding carboxylic acids is 1. The van der Waals surface area contributed by atoms with Gasteiger partial charge in [-0.3, -0.25) is 0 Å². The van der Waals surface area contributed by atoms with Gasteiger partial charge in [0.05, 0.1) is 13.2 Å². The molecule has 3 unspecified atom stereocenters. The van der Waals surface area contributed by atoms with Gasteiger partial charge >= 0.3 is 5.97 Å². The van der Waals surface area contributed by atoms with E-state index in [0.29, 0.717) is 0 Å². The van der Waals surface area contributed by atoms with Gasteiger partial charge in [-0.05, 0) is 25.7 Å². The van der Waals surface area contributed by atoms with E-state index < -0.39 is 11.2 Å². The molecule has 16 heavy (non-hydrogen) atoms. The standard InChI is InChI=1S/C12H20O4/c1-8(2)12(10(13)14-4)11(3,16-12)9-6-5-7-15-9/h8-9H,5-7H2,1-4H3. The molecule has 92 valence electrons. The number of esters is 1. The average molecular weight is 228 g/mol. The number of ether oxygens (including phenoxy) is 3. The quantitative estimate of drug-likeness (QED) is 0.543. The highest BCUT2D eigenvalue weighted by molar-refractivity contribution is 5.85. The van der Waals surface area contributed by atoms with Crippen molar-refractivity contribution in [3.63, 3.8) is 0 Å². The van der Waals surface area contributed by atoms with E-state index in [2.05, 4.69) is 0 Å². The number of hydrogen-bond donors (Lipinski definition) is 0. The molecule has 0 bridgehead atoms. The normalized spacial score (nSPS) is 42.4. The van der Waals surface area contributed by atoms with E-state index in [1.807, 2.05) is 20.8 Å². The van der Waals surface area contributed by atoms with Gasteiger partial charge in [-0.1, -0.05) is 13.8 Å². The molecule has 3 atom stereocenters. The molecule has 0 spiro atoms. The van der Waals surface area contributed by atoms with Crippen LogP contribution in [-0.2, 0) is 19.0 Å². The molecule has 2 fully saturated rings. The van der Waals surface area contributed by atoms with E-state index in [0.717, 1.165) is 19.4 Å². The van der Waals surface area contributed by atoms with E-state index in [1.54, 1.807) is 0 Å². The molecule has 0 aromatic carbocycles. The van der Waals surface area contributed by atoms with Crippen LogP contribution < -0.4 is 0 Å². The molecule has 2 rings (SSSR count). The van der Waals surface area contributed by atoms with E-state index in [-0.39, 0.29) is 18.0 Å². The van der Waals surface area contributed by atoms with Crippen LogP contribution >= 0.6 is 0 Å². The molecule has 2 saturated heterocycles. The van der Waals surface area contributed by atoms with Crippen molar-refractivity contribution in [3.8, 4) is 0 Å². The maximum atomic E-state index is 11.9. The van der Waals surface area contributed by atoms with Gasteiger partial charge in [0, 0.05) is 6.61 Å². The van der Waals surface area contributed by atoms with Crippen molar-refractivity contribution in [2.45, 2.75) is 50.9 Å². The molecular formula is C12H20O4. The van der Waals surface area contributed by atoms with Crippen LogP contribution in [0.25, 0.3) is 0 Å². The van der Waals surface area contributed by atoms with Crippen LogP contribution in [0.5, 0.6) is 0 Å². The maximum Gasteiger partial charge on any atom is 0.341 e. The summed E-state index contributed by atoms with van der Waals surface area (Å²) in [4.78, 5) is 11.9. The second kappa shape index (κ2) is 3.70. The molecular weight excluding hydrogens is 208 g/mol. The topological polar surface area (TPSA) is 48.1 Å². The van der Waals surface area contributed by atoms with Crippen molar-refractivity contribution in [2.24, 2.45) is 5.92 Å². The molecule has 4 heteroatoms. The van der Waals surface area contributed by atoms with E-state index in [1.165, 1.54) is 7.11 Å². The van der Waals surface area contributed by atoms with Gasteiger partial charge in [0.15, 0.2) is 5.60 Å². The minimum Gasteiger partial charge on any atom is -0.467 e. The lowest BCUT2D eigenvalue weighted by atomic mass is 9.80. The Morgan fingerprint density at radius 2 is 2.19 bits per heavy atom. The van der Waals surface area contributed by atoms with Crippen LogP contribution in [-0.4, -0.2) is 37.0 Å². The smallest absolute Gasteiger partial charge is 0.341 e. The highest BCUT2D eigenvalue weighted by Crippen LogP contribution is 2.57. The Balaban J connectivity index is 2.22. The Morgan fingerprint density at radius 1 is 1.50 bits per heavy atom. The Bertz CT molecular complexity index is 295. The van der Waals surface area contributed by atoms with Crippen LogP contribution in [0.4, 0.5) is 0 Å². The van der Waals surface area contributed by atoms with Crippen molar-refractivity contribution in [3.05, 3.63) is 0 Å². The number of epoxide rings is 1. The highest BCUT2D eigenvalue weighted by atomic mass is 16.7. The van der Waals surface area contributed by atoms with E-state index in [9.17, 15) is 4.79 Å². The first-order chi connectivity index (χ1) is 7.49. The zero-order valence-corrected chi connectivity index (χ0v) is 10.4. The summed E-state index contributed by atoms with van der Waals surface area (Å²) in [5.41, 5.74) is -1.32. The number of carbonyl (C=O) groups is 1. The molecule has 0 saturated carbocycles. The van der Waals surface area contributed by atoms with Gasteiger partial charge in [-0.2, -0.15) is 0 Å². The summed E-state index contributed by atoms with van der Waals surface area (Å²) >= 11 is 0. The fourth-order valence-corrected chi connectivity index (χ4v) is 2.95. The monoisotopic (exact) mass is 228 g/mol. The predicted octanol–water partition coefficient (Wildman–Crippen LogP) is 1.52. The van der Waals surface area contributed by atoms with Crippen molar-refractivity contribution >= 4 is 5.97 Å². The molecule has 2 aliphatic heterocycles. The third-order valence-electron chi connectivity index (χ3n) is 3.91. The molecule has 0 amide bonds. The third kappa shape index (κ3) is 1.32. The maximum absolute atomic E-state index is 11.9. The second-order valence-electron chi connectivity index (χ2n) is 5.09. The fourth-order valence-electron chi connectivity index (χ4n) is 2.95. The van der Waals surface area contributed by atoms with Gasteiger partial charge in [0.1, 0.15) is 5.60 Å². The molecule has 0 radical (unpaired) electrons. The lowest BCUT2D eigenvalue weighted by Gasteiger charge is -2.22. The van der Waals surface area contributed by atoms with Crippen molar-refractivity contribution < 1.29 is 19.0 Å². The van der Waals surface area contributed by atoms with Crippen LogP contribution in [0.15, 0.2) is 0 Å². The van der Waals surface area contributed by atoms with Crippen LogP contribution in [0.1, 0.15) is 33.6 Å². The lowest BCUT2D eigenvalue weighted by Crippen LogP contribution is -2.44. The van der Waals surface area contributed by atoms with Crippen molar-refractivity contribution in [1.82, 2.24) is 0 Å². The van der Waals surface area contributed by atoms with Crippen molar-refractivity contribution in [1.29, 1.82) is 0 Å². The summed E-state index contributed by atoms with van der Waals surface area (Å²) in [6.07, 6.45) is 2.02. The molecule has 0 N–H and O–H groups in total. The lowest BCUT2D eigenvalue weighted by molar-refractivity contribution is -0.149. The van der Waals surface area contributed by atoms with Crippen LogP contribution in [0.2, 0.25) is 0 Å². The largest absolute Gasteiger partial charge is 0.467 e. The third-order valence-corrected chi connectivity index (χ3v) is 3.91. The zero-order valence-electron chi connectivity index (χ0n) is 10.4. The van der Waals surface area contributed by atoms with E-state index in [4.69, 9.17) is 14.2 Å². The summed E-state index contributed by atoms with van der Waals surface area (Å²) in [6.45, 7) is 6.69. The Hall–Kier alpha value is -0.610. The number of hydrogen-bond acceptors (Lipinski definition) is 4. The molecule has 4 nitrogen and oxygen atoms in total. The van der Waals surface area contributed by atoms with Crippen LogP contribution in [0.3, 0.4) is 0 Å². The zero-order chi connectivity index (χ0) is 12.0. The number of rotatable bonds is 3. The summed E-state index contributed by atoms with van der Waals surface area (Å²) in [5.74, 6) is -0.186. The van der Waals surface area contributed by atoms with Gasteiger partial charge in [-0.15, -0.1) is 0 Å². The number of methoxy groups -OCH3 is 1. The Labute approximate surface area is 96.2 Å². The Kier molecular flexibility index (Phi) is 2.75. The van der Waals surface area contributed by atoms with Gasteiger partial charge in [0.25, 0.3) is 0 Å². The average Bonchev–Trinajstić information content (AvgIpc) is 2.69. The summed E-state index contributed by atoms with van der Waals surface area (Å²) in [7, 11) is 1.41. The first-order valence-corrected chi connectivity index (χ1v) is 5.89. The highest BCUT2D eigenvalue weighted by Gasteiger charge is 2.77.